The molecule has 0 aromatic heterocycles. The summed E-state index contributed by atoms with van der Waals surface area (Å²) in [5.41, 5.74) is 4.40. The minimum absolute atomic E-state index is 0.0157. The van der Waals surface area contributed by atoms with E-state index in [1.54, 1.807) is 0 Å². The maximum Gasteiger partial charge on any atom is 0.407 e. The molecule has 0 saturated carbocycles. The second-order valence-corrected chi connectivity index (χ2v) is 9.00. The van der Waals surface area contributed by atoms with E-state index in [4.69, 9.17) is 4.74 Å². The Kier molecular flexibility index (Phi) is 6.15. The average Bonchev–Trinajstić information content (AvgIpc) is 3.10. The number of hydrogen-bond acceptors (Lipinski definition) is 5. The topological polar surface area (TPSA) is 110 Å². The second kappa shape index (κ2) is 9.03. The first-order valence-corrected chi connectivity index (χ1v) is 11.5. The number of rotatable bonds is 7. The molecule has 9 heteroatoms. The van der Waals surface area contributed by atoms with Gasteiger partial charge in [0.25, 0.3) is 0 Å². The van der Waals surface area contributed by atoms with E-state index in [1.165, 1.54) is 12.1 Å². The Morgan fingerprint density at radius 3 is 2.15 bits per heavy atom. The molecule has 7 nitrogen and oxygen atoms in total. The maximum absolute atomic E-state index is 13.2. The van der Waals surface area contributed by atoms with Gasteiger partial charge in [0.1, 0.15) is 12.6 Å². The molecule has 0 unspecified atom stereocenters. The Hall–Kier alpha value is -3.72. The molecule has 4 rings (SSSR count). The summed E-state index contributed by atoms with van der Waals surface area (Å²) in [6.45, 7) is 0.0157. The van der Waals surface area contributed by atoms with E-state index in [0.29, 0.717) is 0 Å². The van der Waals surface area contributed by atoms with Crippen LogP contribution in [0.25, 0.3) is 11.1 Å². The smallest absolute Gasteiger partial charge is 0.407 e. The van der Waals surface area contributed by atoms with Crippen molar-refractivity contribution in [2.75, 3.05) is 6.61 Å². The van der Waals surface area contributed by atoms with Gasteiger partial charge in [-0.2, -0.15) is 8.42 Å². The Morgan fingerprint density at radius 1 is 0.970 bits per heavy atom. The molecule has 0 bridgehead atoms. The van der Waals surface area contributed by atoms with Crippen LogP contribution < -0.4 is 5.32 Å². The van der Waals surface area contributed by atoms with Crippen molar-refractivity contribution in [3.05, 3.63) is 89.5 Å². The molecular formula is C24H20FNO6S. The molecule has 0 aliphatic heterocycles. The maximum atomic E-state index is 13.2. The number of hydrogen-bond donors (Lipinski definition) is 2. The van der Waals surface area contributed by atoms with Crippen molar-refractivity contribution in [3.63, 3.8) is 0 Å². The third kappa shape index (κ3) is 4.88. The van der Waals surface area contributed by atoms with Gasteiger partial charge in [0.05, 0.1) is 4.90 Å². The number of alkyl carbamates (subject to hydrolysis) is 1. The number of aliphatic carboxylic acids is 1. The fourth-order valence-electron chi connectivity index (χ4n) is 4.04. The molecule has 1 amide bonds. The van der Waals surface area contributed by atoms with Crippen LogP contribution in [0.15, 0.2) is 77.7 Å². The lowest BCUT2D eigenvalue weighted by atomic mass is 9.98. The average molecular weight is 469 g/mol. The van der Waals surface area contributed by atoms with Crippen LogP contribution in [0, 0.1) is 0 Å². The zero-order chi connectivity index (χ0) is 23.6. The Balaban J connectivity index is 1.44. The van der Waals surface area contributed by atoms with Crippen molar-refractivity contribution in [2.45, 2.75) is 23.3 Å². The fourth-order valence-corrected chi connectivity index (χ4v) is 4.58. The van der Waals surface area contributed by atoms with Crippen molar-refractivity contribution in [1.29, 1.82) is 0 Å². The van der Waals surface area contributed by atoms with Gasteiger partial charge in [0.15, 0.2) is 0 Å². The lowest BCUT2D eigenvalue weighted by Crippen LogP contribution is -2.42. The van der Waals surface area contributed by atoms with Crippen LogP contribution in [0.3, 0.4) is 0 Å². The SMILES string of the molecule is O=C(N[C@@H](Cc1cccc(S(=O)(=O)F)c1)C(=O)O)OCC1c2ccccc2-c2ccccc21. The van der Waals surface area contributed by atoms with E-state index >= 15 is 0 Å². The first kappa shape index (κ1) is 22.5. The molecule has 0 saturated heterocycles. The van der Waals surface area contributed by atoms with Crippen LogP contribution in [-0.2, 0) is 26.2 Å². The standard InChI is InChI=1S/C24H20FNO6S/c25-33(30,31)16-7-5-6-15(12-16)13-22(23(27)28)26-24(29)32-14-21-19-10-3-1-8-17(19)18-9-2-4-11-20(18)21/h1-12,21-22H,13-14H2,(H,26,29)(H,27,28)/t22-/m0/s1. The van der Waals surface area contributed by atoms with Crippen LogP contribution in [0.1, 0.15) is 22.6 Å². The molecule has 33 heavy (non-hydrogen) atoms. The third-order valence-electron chi connectivity index (χ3n) is 5.55. The summed E-state index contributed by atoms with van der Waals surface area (Å²) >= 11 is 0. The zero-order valence-electron chi connectivity index (χ0n) is 17.3. The second-order valence-electron chi connectivity index (χ2n) is 7.65. The molecule has 170 valence electrons. The van der Waals surface area contributed by atoms with E-state index in [1.807, 2.05) is 48.5 Å². The molecule has 1 aliphatic rings. The molecule has 2 N–H and O–H groups in total. The van der Waals surface area contributed by atoms with Crippen molar-refractivity contribution < 1.29 is 31.7 Å². The van der Waals surface area contributed by atoms with Crippen LogP contribution in [-0.4, -0.2) is 38.2 Å². The lowest BCUT2D eigenvalue weighted by molar-refractivity contribution is -0.139. The minimum Gasteiger partial charge on any atom is -0.480 e. The first-order chi connectivity index (χ1) is 15.7. The van der Waals surface area contributed by atoms with Crippen LogP contribution in [0.5, 0.6) is 0 Å². The van der Waals surface area contributed by atoms with Gasteiger partial charge in [-0.3, -0.25) is 0 Å². The van der Waals surface area contributed by atoms with Gasteiger partial charge in [0, 0.05) is 12.3 Å². The molecule has 1 atom stereocenters. The number of amides is 1. The van der Waals surface area contributed by atoms with Crippen molar-refractivity contribution in [3.8, 4) is 11.1 Å². The molecule has 0 heterocycles. The molecular weight excluding hydrogens is 449 g/mol. The molecule has 1 aliphatic carbocycles. The summed E-state index contributed by atoms with van der Waals surface area (Å²) in [7, 11) is -4.93. The highest BCUT2D eigenvalue weighted by Crippen LogP contribution is 2.44. The van der Waals surface area contributed by atoms with E-state index in [0.717, 1.165) is 34.4 Å². The van der Waals surface area contributed by atoms with Crippen LogP contribution >= 0.6 is 0 Å². The number of nitrogens with one attached hydrogen (secondary N) is 1. The van der Waals surface area contributed by atoms with Gasteiger partial charge in [0.2, 0.25) is 0 Å². The molecule has 3 aromatic carbocycles. The Bertz CT molecular complexity index is 1280. The first-order valence-electron chi connectivity index (χ1n) is 10.1. The number of carbonyl (C=O) groups excluding carboxylic acids is 1. The summed E-state index contributed by atoms with van der Waals surface area (Å²) in [6.07, 6.45) is -1.17. The molecule has 0 radical (unpaired) electrons. The number of halogens is 1. The summed E-state index contributed by atoms with van der Waals surface area (Å²) in [6, 6.07) is 19.1. The zero-order valence-corrected chi connectivity index (χ0v) is 18.1. The minimum atomic E-state index is -4.93. The number of fused-ring (bicyclic) bond motifs is 3. The summed E-state index contributed by atoms with van der Waals surface area (Å²) < 4.78 is 40.8. The summed E-state index contributed by atoms with van der Waals surface area (Å²) in [5.74, 6) is -1.52. The van der Waals surface area contributed by atoms with Gasteiger partial charge < -0.3 is 15.2 Å². The predicted octanol–water partition coefficient (Wildman–Crippen LogP) is 3.88. The largest absolute Gasteiger partial charge is 0.480 e. The number of carbonyl (C=O) groups is 2. The van der Waals surface area contributed by atoms with Gasteiger partial charge >= 0.3 is 22.3 Å². The fraction of sp³-hybridized carbons (Fsp3) is 0.167. The lowest BCUT2D eigenvalue weighted by Gasteiger charge is -2.17. The van der Waals surface area contributed by atoms with E-state index < -0.39 is 33.2 Å². The Morgan fingerprint density at radius 2 is 1.58 bits per heavy atom. The molecule has 3 aromatic rings. The van der Waals surface area contributed by atoms with Crippen molar-refractivity contribution in [1.82, 2.24) is 5.32 Å². The number of carboxylic acid groups (broad SMARTS) is 1. The van der Waals surface area contributed by atoms with E-state index in [9.17, 15) is 27.0 Å². The van der Waals surface area contributed by atoms with Gasteiger partial charge in [-0.15, -0.1) is 3.89 Å². The van der Waals surface area contributed by atoms with E-state index in [-0.39, 0.29) is 24.5 Å². The highest BCUT2D eigenvalue weighted by atomic mass is 32.3. The monoisotopic (exact) mass is 469 g/mol. The molecule has 0 fully saturated rings. The number of benzene rings is 3. The van der Waals surface area contributed by atoms with Gasteiger partial charge in [-0.05, 0) is 39.9 Å². The number of carboxylic acids is 1. The summed E-state index contributed by atoms with van der Waals surface area (Å²) in [5, 5.41) is 11.8. The number of ether oxygens (including phenoxy) is 1. The van der Waals surface area contributed by atoms with Crippen molar-refractivity contribution in [2.24, 2.45) is 0 Å². The van der Waals surface area contributed by atoms with Gasteiger partial charge in [-0.1, -0.05) is 60.7 Å². The predicted molar refractivity (Wildman–Crippen MR) is 118 cm³/mol. The summed E-state index contributed by atoms with van der Waals surface area (Å²) in [4.78, 5) is 23.5. The normalized spacial score (nSPS) is 13.6. The van der Waals surface area contributed by atoms with Crippen molar-refractivity contribution >= 4 is 22.3 Å². The van der Waals surface area contributed by atoms with Crippen LogP contribution in [0.2, 0.25) is 0 Å². The van der Waals surface area contributed by atoms with E-state index in [2.05, 4.69) is 5.32 Å². The van der Waals surface area contributed by atoms with Crippen LogP contribution in [0.4, 0.5) is 8.68 Å². The highest BCUT2D eigenvalue weighted by Gasteiger charge is 2.30. The Labute approximate surface area is 190 Å². The molecule has 0 spiro atoms. The van der Waals surface area contributed by atoms with Gasteiger partial charge in [-0.25, -0.2) is 9.59 Å². The quantitative estimate of drug-likeness (QED) is 0.508. The highest BCUT2D eigenvalue weighted by molar-refractivity contribution is 7.86. The third-order valence-corrected chi connectivity index (χ3v) is 6.37.